The van der Waals surface area contributed by atoms with Gasteiger partial charge in [0, 0.05) is 23.8 Å². The summed E-state index contributed by atoms with van der Waals surface area (Å²) in [4.78, 5) is 26.8. The van der Waals surface area contributed by atoms with E-state index in [4.69, 9.17) is 9.40 Å². The molecule has 0 unspecified atom stereocenters. The summed E-state index contributed by atoms with van der Waals surface area (Å²) < 4.78 is 9.60. The van der Waals surface area contributed by atoms with Gasteiger partial charge in [-0.2, -0.15) is 9.67 Å². The molecule has 0 radical (unpaired) electrons. The van der Waals surface area contributed by atoms with Gasteiger partial charge < -0.3 is 15.1 Å². The topological polar surface area (TPSA) is 103 Å². The largest absolute Gasteiger partial charge is 0.422 e. The molecule has 0 atom stereocenters. The van der Waals surface area contributed by atoms with Crippen LogP contribution < -0.4 is 16.2 Å². The highest BCUT2D eigenvalue weighted by Gasteiger charge is 2.32. The highest BCUT2D eigenvalue weighted by atomic mass is 16.4. The summed E-state index contributed by atoms with van der Waals surface area (Å²) in [5.74, 6) is 1.54. The predicted octanol–water partition coefficient (Wildman–Crippen LogP) is 3.59. The zero-order valence-electron chi connectivity index (χ0n) is 19.1. The van der Waals surface area contributed by atoms with Gasteiger partial charge in [-0.1, -0.05) is 26.8 Å². The van der Waals surface area contributed by atoms with Crippen molar-refractivity contribution in [3.05, 3.63) is 58.0 Å². The van der Waals surface area contributed by atoms with E-state index < -0.39 is 0 Å². The van der Waals surface area contributed by atoms with Crippen LogP contribution in [0.2, 0.25) is 0 Å². The van der Waals surface area contributed by atoms with Gasteiger partial charge in [0.15, 0.2) is 5.65 Å². The zero-order chi connectivity index (χ0) is 22.7. The molecule has 0 spiro atoms. The van der Waals surface area contributed by atoms with Crippen molar-refractivity contribution in [2.45, 2.75) is 58.0 Å². The molecule has 4 heterocycles. The van der Waals surface area contributed by atoms with E-state index >= 15 is 0 Å². The lowest BCUT2D eigenvalue weighted by Gasteiger charge is -2.18. The second-order valence-electron chi connectivity index (χ2n) is 9.91. The zero-order valence-corrected chi connectivity index (χ0v) is 19.1. The van der Waals surface area contributed by atoms with Crippen molar-refractivity contribution in [2.75, 3.05) is 11.9 Å². The van der Waals surface area contributed by atoms with Gasteiger partial charge in [0.25, 0.3) is 5.56 Å². The van der Waals surface area contributed by atoms with Gasteiger partial charge in [-0.05, 0) is 49.1 Å². The molecular weight excluding hydrogens is 418 g/mol. The molecule has 2 aliphatic rings. The molecule has 0 saturated heterocycles. The van der Waals surface area contributed by atoms with E-state index in [2.05, 4.69) is 32.7 Å². The Morgan fingerprint density at radius 2 is 2.00 bits per heavy atom. The number of nitrogens with zero attached hydrogens (tertiary/aromatic N) is 5. The molecule has 1 aliphatic carbocycles. The molecule has 1 aromatic carbocycles. The summed E-state index contributed by atoms with van der Waals surface area (Å²) in [6.45, 7) is 8.00. The Labute approximate surface area is 190 Å². The molecule has 6 rings (SSSR count). The highest BCUT2D eigenvalue weighted by molar-refractivity contribution is 5.77. The van der Waals surface area contributed by atoms with Crippen molar-refractivity contribution < 1.29 is 4.42 Å². The van der Waals surface area contributed by atoms with Crippen LogP contribution in [0.3, 0.4) is 0 Å². The number of rotatable bonds is 4. The van der Waals surface area contributed by atoms with Gasteiger partial charge in [-0.25, -0.2) is 14.6 Å². The highest BCUT2D eigenvalue weighted by Crippen LogP contribution is 2.36. The minimum absolute atomic E-state index is 0.104. The first-order valence-electron chi connectivity index (χ1n) is 11.4. The number of nitrogens with one attached hydrogen (secondary N) is 2. The fraction of sp³-hybridized carbons (Fsp3) is 0.417. The fourth-order valence-corrected chi connectivity index (χ4v) is 4.32. The minimum atomic E-state index is -0.241. The van der Waals surface area contributed by atoms with E-state index in [-0.39, 0.29) is 17.0 Å². The summed E-state index contributed by atoms with van der Waals surface area (Å²) >= 11 is 0. The number of aromatic nitrogens is 5. The van der Waals surface area contributed by atoms with Crippen LogP contribution in [-0.2, 0) is 18.4 Å². The van der Waals surface area contributed by atoms with Crippen LogP contribution in [0.5, 0.6) is 0 Å². The summed E-state index contributed by atoms with van der Waals surface area (Å²) in [6.07, 6.45) is 6.22. The van der Waals surface area contributed by atoms with Crippen LogP contribution >= 0.6 is 0 Å². The summed E-state index contributed by atoms with van der Waals surface area (Å²) in [5.41, 5.74) is 3.73. The lowest BCUT2D eigenvalue weighted by molar-refractivity contribution is 0.371. The van der Waals surface area contributed by atoms with Gasteiger partial charge in [0.05, 0.1) is 12.2 Å². The van der Waals surface area contributed by atoms with Crippen molar-refractivity contribution in [3.8, 4) is 5.88 Å². The number of fused-ring (bicyclic) bond motifs is 2. The van der Waals surface area contributed by atoms with Gasteiger partial charge in [-0.3, -0.25) is 4.79 Å². The molecule has 9 heteroatoms. The molecule has 1 fully saturated rings. The van der Waals surface area contributed by atoms with Crippen molar-refractivity contribution in [2.24, 2.45) is 0 Å². The number of hydrogen-bond acceptors (Lipinski definition) is 7. The third-order valence-electron chi connectivity index (χ3n) is 6.21. The van der Waals surface area contributed by atoms with Crippen LogP contribution in [0, 0.1) is 0 Å². The van der Waals surface area contributed by atoms with Crippen LogP contribution in [0.1, 0.15) is 56.7 Å². The van der Waals surface area contributed by atoms with E-state index in [1.54, 1.807) is 21.8 Å². The van der Waals surface area contributed by atoms with E-state index in [0.29, 0.717) is 28.8 Å². The molecule has 1 aliphatic heterocycles. The van der Waals surface area contributed by atoms with Crippen molar-refractivity contribution in [1.29, 1.82) is 0 Å². The van der Waals surface area contributed by atoms with Crippen LogP contribution in [-0.4, -0.2) is 30.9 Å². The summed E-state index contributed by atoms with van der Waals surface area (Å²) in [6, 6.07) is 6.47. The average Bonchev–Trinajstić information content (AvgIpc) is 3.42. The maximum atomic E-state index is 13.2. The molecule has 1 saturated carbocycles. The van der Waals surface area contributed by atoms with Crippen molar-refractivity contribution >= 4 is 22.7 Å². The number of oxazole rings is 1. The van der Waals surface area contributed by atoms with E-state index in [1.807, 2.05) is 26.8 Å². The average molecular weight is 446 g/mol. The van der Waals surface area contributed by atoms with Gasteiger partial charge in [0.1, 0.15) is 5.39 Å². The molecule has 33 heavy (non-hydrogen) atoms. The molecule has 3 aromatic heterocycles. The molecular formula is C24H27N7O2. The monoisotopic (exact) mass is 445 g/mol. The Bertz CT molecular complexity index is 1420. The smallest absolute Gasteiger partial charge is 0.278 e. The summed E-state index contributed by atoms with van der Waals surface area (Å²) in [7, 11) is 0. The lowest BCUT2D eigenvalue weighted by atomic mass is 9.97. The molecule has 2 N–H and O–H groups in total. The lowest BCUT2D eigenvalue weighted by Crippen LogP contribution is -2.23. The number of anilines is 2. The van der Waals surface area contributed by atoms with E-state index in [9.17, 15) is 4.79 Å². The van der Waals surface area contributed by atoms with Crippen LogP contribution in [0.25, 0.3) is 16.9 Å². The molecule has 0 amide bonds. The quantitative estimate of drug-likeness (QED) is 0.495. The first kappa shape index (κ1) is 20.2. The maximum Gasteiger partial charge on any atom is 0.278 e. The third-order valence-corrected chi connectivity index (χ3v) is 6.21. The van der Waals surface area contributed by atoms with Crippen molar-refractivity contribution in [3.63, 3.8) is 0 Å². The molecule has 170 valence electrons. The second-order valence-corrected chi connectivity index (χ2v) is 9.91. The first-order chi connectivity index (χ1) is 15.9. The Balaban J connectivity index is 1.44. The molecule has 4 aromatic rings. The fourth-order valence-electron chi connectivity index (χ4n) is 4.32. The van der Waals surface area contributed by atoms with Gasteiger partial charge in [-0.15, -0.1) is 0 Å². The second kappa shape index (κ2) is 7.28. The SMILES string of the molecule is CC(C)(C)c1ncc(-n2c3nc(Nc4ccc5c(c4)CNCC5)ncc3c(=O)n2C2CC2)o1. The van der Waals surface area contributed by atoms with Gasteiger partial charge >= 0.3 is 0 Å². The normalized spacial score (nSPS) is 16.2. The third kappa shape index (κ3) is 3.52. The van der Waals surface area contributed by atoms with Crippen molar-refractivity contribution in [1.82, 2.24) is 29.6 Å². The standard InChI is InChI=1S/C24H27N7O2/c1-24(2,3)22-26-13-19(33-22)31-20-18(21(32)30(31)17-6-7-17)12-27-23(29-20)28-16-5-4-14-8-9-25-11-15(14)10-16/h4-5,10,12-13,17,25H,6-9,11H2,1-3H3,(H,27,28,29). The number of benzene rings is 1. The maximum absolute atomic E-state index is 13.2. The van der Waals surface area contributed by atoms with E-state index in [0.717, 1.165) is 38.0 Å². The van der Waals surface area contributed by atoms with E-state index in [1.165, 1.54) is 11.1 Å². The Kier molecular flexibility index (Phi) is 4.45. The predicted molar refractivity (Wildman–Crippen MR) is 125 cm³/mol. The Morgan fingerprint density at radius 3 is 2.76 bits per heavy atom. The molecule has 9 nitrogen and oxygen atoms in total. The molecule has 0 bridgehead atoms. The minimum Gasteiger partial charge on any atom is -0.422 e. The van der Waals surface area contributed by atoms with Crippen LogP contribution in [0.4, 0.5) is 11.6 Å². The van der Waals surface area contributed by atoms with Gasteiger partial charge in [0.2, 0.25) is 17.7 Å². The number of hydrogen-bond donors (Lipinski definition) is 2. The Hall–Kier alpha value is -3.46. The Morgan fingerprint density at radius 1 is 1.15 bits per heavy atom. The first-order valence-corrected chi connectivity index (χ1v) is 11.4. The summed E-state index contributed by atoms with van der Waals surface area (Å²) in [5, 5.41) is 7.18. The van der Waals surface area contributed by atoms with Crippen LogP contribution in [0.15, 0.2) is 39.8 Å².